The van der Waals surface area contributed by atoms with E-state index < -0.39 is 23.3 Å². The first-order valence-corrected chi connectivity index (χ1v) is 5.44. The lowest BCUT2D eigenvalue weighted by molar-refractivity contribution is -0.140. The molecule has 0 aromatic heterocycles. The van der Waals surface area contributed by atoms with Crippen LogP contribution in [0.5, 0.6) is 0 Å². The van der Waals surface area contributed by atoms with Crippen molar-refractivity contribution in [1.29, 1.82) is 0 Å². The zero-order chi connectivity index (χ0) is 12.3. The van der Waals surface area contributed by atoms with Gasteiger partial charge < -0.3 is 0 Å². The monoisotopic (exact) mass is 298 g/mol. The lowest BCUT2D eigenvalue weighted by Gasteiger charge is -2.09. The summed E-state index contributed by atoms with van der Waals surface area (Å²) in [6, 6.07) is 2.25. The van der Waals surface area contributed by atoms with Crippen molar-refractivity contribution in [3.05, 3.63) is 35.1 Å². The van der Waals surface area contributed by atoms with Gasteiger partial charge in [-0.15, -0.1) is 0 Å². The van der Waals surface area contributed by atoms with Crippen molar-refractivity contribution < 1.29 is 22.4 Å². The van der Waals surface area contributed by atoms with E-state index in [1.807, 2.05) is 0 Å². The molecular formula is C10H7BrF4O. The van der Waals surface area contributed by atoms with Crippen molar-refractivity contribution in [2.24, 2.45) is 0 Å². The average molecular weight is 299 g/mol. The van der Waals surface area contributed by atoms with E-state index in [0.29, 0.717) is 17.5 Å². The molecule has 0 saturated carbocycles. The second-order valence-corrected chi connectivity index (χ2v) is 3.85. The number of carbonyl (C=O) groups is 1. The summed E-state index contributed by atoms with van der Waals surface area (Å²) in [5, 5.41) is 0.352. The fourth-order valence-electron chi connectivity index (χ4n) is 1.15. The van der Waals surface area contributed by atoms with E-state index in [0.717, 1.165) is 6.07 Å². The minimum atomic E-state index is -4.78. The summed E-state index contributed by atoms with van der Waals surface area (Å²) in [6.45, 7) is 0. The molecule has 0 radical (unpaired) electrons. The van der Waals surface area contributed by atoms with Gasteiger partial charge in [0, 0.05) is 17.3 Å². The molecule has 0 heterocycles. The Morgan fingerprint density at radius 3 is 2.44 bits per heavy atom. The highest BCUT2D eigenvalue weighted by atomic mass is 79.9. The molecule has 1 nitrogen and oxygen atoms in total. The van der Waals surface area contributed by atoms with Crippen LogP contribution in [-0.4, -0.2) is 11.1 Å². The van der Waals surface area contributed by atoms with Gasteiger partial charge in [0.2, 0.25) is 0 Å². The number of Topliss-reactive ketones (excluding diaryl/α,β-unsaturated/α-hetero) is 1. The van der Waals surface area contributed by atoms with Crippen LogP contribution >= 0.6 is 15.9 Å². The maximum atomic E-state index is 12.9. The second-order valence-electron chi connectivity index (χ2n) is 3.05. The molecule has 0 bridgehead atoms. The van der Waals surface area contributed by atoms with Crippen LogP contribution in [0.3, 0.4) is 0 Å². The Morgan fingerprint density at radius 2 is 1.94 bits per heavy atom. The zero-order valence-electron chi connectivity index (χ0n) is 7.94. The fourth-order valence-corrected chi connectivity index (χ4v) is 1.51. The van der Waals surface area contributed by atoms with Crippen LogP contribution in [0, 0.1) is 5.82 Å². The Balaban J connectivity index is 3.13. The molecule has 0 aliphatic heterocycles. The second kappa shape index (κ2) is 4.95. The van der Waals surface area contributed by atoms with Crippen LogP contribution in [0.2, 0.25) is 0 Å². The molecule has 0 saturated heterocycles. The fraction of sp³-hybridized carbons (Fsp3) is 0.300. The minimum Gasteiger partial charge on any atom is -0.294 e. The molecule has 0 spiro atoms. The highest BCUT2D eigenvalue weighted by Crippen LogP contribution is 2.32. The van der Waals surface area contributed by atoms with Crippen LogP contribution in [0.25, 0.3) is 0 Å². The van der Waals surface area contributed by atoms with E-state index in [9.17, 15) is 22.4 Å². The number of alkyl halides is 4. The molecule has 1 aromatic carbocycles. The van der Waals surface area contributed by atoms with Crippen LogP contribution < -0.4 is 0 Å². The first-order valence-electron chi connectivity index (χ1n) is 4.32. The van der Waals surface area contributed by atoms with Crippen LogP contribution in [0.15, 0.2) is 18.2 Å². The summed E-state index contributed by atoms with van der Waals surface area (Å²) >= 11 is 3.00. The third-order valence-corrected chi connectivity index (χ3v) is 2.31. The number of rotatable bonds is 3. The van der Waals surface area contributed by atoms with Gasteiger partial charge in [-0.3, -0.25) is 4.79 Å². The van der Waals surface area contributed by atoms with E-state index in [4.69, 9.17) is 0 Å². The molecule has 0 aliphatic carbocycles. The number of hydrogen-bond acceptors (Lipinski definition) is 1. The van der Waals surface area contributed by atoms with Gasteiger partial charge in [-0.05, 0) is 18.2 Å². The average Bonchev–Trinajstić information content (AvgIpc) is 2.16. The predicted octanol–water partition coefficient (Wildman–Crippen LogP) is 3.81. The summed E-state index contributed by atoms with van der Waals surface area (Å²) in [6.07, 6.45) is -4.71. The third kappa shape index (κ3) is 3.04. The molecular weight excluding hydrogens is 292 g/mol. The van der Waals surface area contributed by atoms with E-state index >= 15 is 0 Å². The summed E-state index contributed by atoms with van der Waals surface area (Å²) < 4.78 is 49.8. The molecule has 0 unspecified atom stereocenters. The molecule has 0 fully saturated rings. The van der Waals surface area contributed by atoms with E-state index in [-0.39, 0.29) is 12.0 Å². The van der Waals surface area contributed by atoms with Gasteiger partial charge in [-0.1, -0.05) is 15.9 Å². The molecule has 0 atom stereocenters. The minimum absolute atomic E-state index is 0.0724. The summed E-state index contributed by atoms with van der Waals surface area (Å²) in [5.41, 5.74) is -1.54. The van der Waals surface area contributed by atoms with Crippen molar-refractivity contribution in [2.45, 2.75) is 12.6 Å². The van der Waals surface area contributed by atoms with Gasteiger partial charge in [0.25, 0.3) is 0 Å². The van der Waals surface area contributed by atoms with Gasteiger partial charge in [-0.2, -0.15) is 13.2 Å². The number of hydrogen-bond donors (Lipinski definition) is 0. The lowest BCUT2D eigenvalue weighted by Crippen LogP contribution is -2.10. The SMILES string of the molecule is O=C(CCBr)c1ccc(F)c(C(F)(F)F)c1. The topological polar surface area (TPSA) is 17.1 Å². The largest absolute Gasteiger partial charge is 0.419 e. The predicted molar refractivity (Wildman–Crippen MR) is 54.1 cm³/mol. The standard InChI is InChI=1S/C10H7BrF4O/c11-4-3-9(16)6-1-2-8(12)7(5-6)10(13,14)15/h1-2,5H,3-4H2. The van der Waals surface area contributed by atoms with E-state index in [2.05, 4.69) is 15.9 Å². The molecule has 1 rings (SSSR count). The van der Waals surface area contributed by atoms with Gasteiger partial charge in [-0.25, -0.2) is 4.39 Å². The van der Waals surface area contributed by atoms with Gasteiger partial charge in [0.15, 0.2) is 5.78 Å². The van der Waals surface area contributed by atoms with Crippen molar-refractivity contribution in [3.63, 3.8) is 0 Å². The molecule has 88 valence electrons. The van der Waals surface area contributed by atoms with E-state index in [1.54, 1.807) is 0 Å². The smallest absolute Gasteiger partial charge is 0.294 e. The summed E-state index contributed by atoms with van der Waals surface area (Å²) in [5.74, 6) is -1.83. The van der Waals surface area contributed by atoms with Crippen molar-refractivity contribution in [3.8, 4) is 0 Å². The Labute approximate surface area is 97.6 Å². The Kier molecular flexibility index (Phi) is 4.07. The van der Waals surface area contributed by atoms with Crippen LogP contribution in [0.4, 0.5) is 17.6 Å². The van der Waals surface area contributed by atoms with Crippen LogP contribution in [0.1, 0.15) is 22.3 Å². The maximum absolute atomic E-state index is 12.9. The Hall–Kier alpha value is -0.910. The van der Waals surface area contributed by atoms with Gasteiger partial charge in [0.1, 0.15) is 5.82 Å². The first kappa shape index (κ1) is 13.2. The first-order chi connectivity index (χ1) is 7.36. The number of benzene rings is 1. The Bertz CT molecular complexity index is 400. The third-order valence-electron chi connectivity index (χ3n) is 1.92. The van der Waals surface area contributed by atoms with Crippen molar-refractivity contribution in [1.82, 2.24) is 0 Å². The van der Waals surface area contributed by atoms with Crippen molar-refractivity contribution in [2.75, 3.05) is 5.33 Å². The highest BCUT2D eigenvalue weighted by molar-refractivity contribution is 9.09. The van der Waals surface area contributed by atoms with E-state index in [1.165, 1.54) is 0 Å². The number of carbonyl (C=O) groups excluding carboxylic acids is 1. The molecule has 1 aromatic rings. The zero-order valence-corrected chi connectivity index (χ0v) is 9.53. The molecule has 0 aliphatic rings. The molecule has 0 amide bonds. The van der Waals surface area contributed by atoms with Crippen molar-refractivity contribution >= 4 is 21.7 Å². The van der Waals surface area contributed by atoms with Crippen LogP contribution in [-0.2, 0) is 6.18 Å². The summed E-state index contributed by atoms with van der Waals surface area (Å²) in [7, 11) is 0. The highest BCUT2D eigenvalue weighted by Gasteiger charge is 2.34. The quantitative estimate of drug-likeness (QED) is 0.471. The van der Waals surface area contributed by atoms with Gasteiger partial charge in [0.05, 0.1) is 5.56 Å². The number of halogens is 5. The molecule has 6 heteroatoms. The van der Waals surface area contributed by atoms with Gasteiger partial charge >= 0.3 is 6.18 Å². The Morgan fingerprint density at radius 1 is 1.31 bits per heavy atom. The lowest BCUT2D eigenvalue weighted by atomic mass is 10.0. The maximum Gasteiger partial charge on any atom is 0.419 e. The molecule has 16 heavy (non-hydrogen) atoms. The number of ketones is 1. The molecule has 0 N–H and O–H groups in total. The normalized spacial score (nSPS) is 11.6. The summed E-state index contributed by atoms with van der Waals surface area (Å²) in [4.78, 5) is 11.3.